The lowest BCUT2D eigenvalue weighted by molar-refractivity contribution is -0.140. The third kappa shape index (κ3) is 3.70. The van der Waals surface area contributed by atoms with Crippen molar-refractivity contribution in [2.24, 2.45) is 11.8 Å². The first-order chi connectivity index (χ1) is 8.27. The second-order valence-electron chi connectivity index (χ2n) is 5.72. The molecule has 0 heterocycles. The maximum atomic E-state index is 12.4. The SMILES string of the molecule is COC(=O)CC(C)S(=O)(=O)C1CC(C)CC(C)C1. The molecule has 1 saturated carbocycles. The van der Waals surface area contributed by atoms with Crippen LogP contribution in [0.1, 0.15) is 46.5 Å². The average Bonchev–Trinajstić information content (AvgIpc) is 2.27. The Bertz CT molecular complexity index is 378. The van der Waals surface area contributed by atoms with Gasteiger partial charge in [-0.1, -0.05) is 13.8 Å². The molecule has 0 aliphatic heterocycles. The molecule has 3 unspecified atom stereocenters. The minimum atomic E-state index is -3.23. The lowest BCUT2D eigenvalue weighted by atomic mass is 9.83. The van der Waals surface area contributed by atoms with Crippen LogP contribution in [0.4, 0.5) is 0 Å². The first kappa shape index (κ1) is 15.5. The van der Waals surface area contributed by atoms with E-state index in [1.54, 1.807) is 6.92 Å². The molecule has 1 fully saturated rings. The predicted molar refractivity (Wildman–Crippen MR) is 71.0 cm³/mol. The molecule has 0 aromatic heterocycles. The molecule has 0 aromatic rings. The molecule has 0 radical (unpaired) electrons. The number of hydrogen-bond donors (Lipinski definition) is 0. The van der Waals surface area contributed by atoms with Gasteiger partial charge in [-0.2, -0.15) is 0 Å². The number of sulfone groups is 1. The highest BCUT2D eigenvalue weighted by atomic mass is 32.2. The highest BCUT2D eigenvalue weighted by Crippen LogP contribution is 2.34. The second kappa shape index (κ2) is 6.04. The zero-order valence-corrected chi connectivity index (χ0v) is 12.5. The lowest BCUT2D eigenvalue weighted by Crippen LogP contribution is -2.37. The molecule has 18 heavy (non-hydrogen) atoms. The van der Waals surface area contributed by atoms with Gasteiger partial charge >= 0.3 is 5.97 Å². The molecule has 1 aliphatic rings. The largest absolute Gasteiger partial charge is 0.469 e. The fourth-order valence-corrected chi connectivity index (χ4v) is 5.12. The maximum Gasteiger partial charge on any atom is 0.306 e. The molecule has 0 bridgehead atoms. The van der Waals surface area contributed by atoms with Crippen LogP contribution >= 0.6 is 0 Å². The van der Waals surface area contributed by atoms with Crippen molar-refractivity contribution in [2.45, 2.75) is 57.0 Å². The summed E-state index contributed by atoms with van der Waals surface area (Å²) < 4.78 is 29.4. The summed E-state index contributed by atoms with van der Waals surface area (Å²) in [5.74, 6) is 0.431. The Labute approximate surface area is 110 Å². The number of hydrogen-bond acceptors (Lipinski definition) is 4. The van der Waals surface area contributed by atoms with Gasteiger partial charge in [-0.15, -0.1) is 0 Å². The Kier molecular flexibility index (Phi) is 5.20. The van der Waals surface area contributed by atoms with Gasteiger partial charge in [-0.05, 0) is 38.0 Å². The van der Waals surface area contributed by atoms with Crippen molar-refractivity contribution in [3.63, 3.8) is 0 Å². The molecule has 0 amide bonds. The molecule has 1 rings (SSSR count). The molecule has 4 nitrogen and oxygen atoms in total. The molecular formula is C13H24O4S. The number of carbonyl (C=O) groups excluding carboxylic acids is 1. The Morgan fingerprint density at radius 2 is 1.72 bits per heavy atom. The van der Waals surface area contributed by atoms with E-state index in [4.69, 9.17) is 0 Å². The maximum absolute atomic E-state index is 12.4. The van der Waals surface area contributed by atoms with E-state index in [1.807, 2.05) is 0 Å². The van der Waals surface area contributed by atoms with Crippen molar-refractivity contribution in [2.75, 3.05) is 7.11 Å². The van der Waals surface area contributed by atoms with E-state index in [2.05, 4.69) is 18.6 Å². The van der Waals surface area contributed by atoms with E-state index < -0.39 is 21.1 Å². The van der Waals surface area contributed by atoms with Gasteiger partial charge in [0, 0.05) is 0 Å². The zero-order valence-electron chi connectivity index (χ0n) is 11.7. The van der Waals surface area contributed by atoms with Crippen LogP contribution in [0.15, 0.2) is 0 Å². The van der Waals surface area contributed by atoms with Gasteiger partial charge in [0.1, 0.15) is 0 Å². The molecule has 0 aromatic carbocycles. The van der Waals surface area contributed by atoms with E-state index in [1.165, 1.54) is 7.11 Å². The van der Waals surface area contributed by atoms with Crippen LogP contribution in [0.2, 0.25) is 0 Å². The summed E-state index contributed by atoms with van der Waals surface area (Å²) in [7, 11) is -1.95. The smallest absolute Gasteiger partial charge is 0.306 e. The molecule has 106 valence electrons. The minimum Gasteiger partial charge on any atom is -0.469 e. The second-order valence-corrected chi connectivity index (χ2v) is 8.37. The van der Waals surface area contributed by atoms with Crippen molar-refractivity contribution in [1.82, 2.24) is 0 Å². The fourth-order valence-electron chi connectivity index (χ4n) is 2.90. The Morgan fingerprint density at radius 3 is 2.17 bits per heavy atom. The van der Waals surface area contributed by atoms with Crippen LogP contribution in [0, 0.1) is 11.8 Å². The van der Waals surface area contributed by atoms with E-state index in [9.17, 15) is 13.2 Å². The normalized spacial score (nSPS) is 30.8. The van der Waals surface area contributed by atoms with Crippen LogP contribution in [-0.2, 0) is 19.4 Å². The Balaban J connectivity index is 2.76. The Hall–Kier alpha value is -0.580. The van der Waals surface area contributed by atoms with Crippen molar-refractivity contribution in [3.05, 3.63) is 0 Å². The van der Waals surface area contributed by atoms with E-state index in [-0.39, 0.29) is 11.7 Å². The summed E-state index contributed by atoms with van der Waals surface area (Å²) in [5.41, 5.74) is 0. The first-order valence-corrected chi connectivity index (χ1v) is 8.17. The quantitative estimate of drug-likeness (QED) is 0.738. The van der Waals surface area contributed by atoms with E-state index in [0.717, 1.165) is 19.3 Å². The van der Waals surface area contributed by atoms with Crippen LogP contribution in [-0.4, -0.2) is 32.0 Å². The molecule has 0 spiro atoms. The minimum absolute atomic E-state index is 0.0436. The van der Waals surface area contributed by atoms with Crippen molar-refractivity contribution in [1.29, 1.82) is 0 Å². The highest BCUT2D eigenvalue weighted by Gasteiger charge is 2.37. The number of rotatable bonds is 4. The zero-order chi connectivity index (χ0) is 13.9. The summed E-state index contributed by atoms with van der Waals surface area (Å²) in [5, 5.41) is -0.941. The average molecular weight is 276 g/mol. The number of esters is 1. The number of methoxy groups -OCH3 is 1. The van der Waals surface area contributed by atoms with Crippen LogP contribution in [0.5, 0.6) is 0 Å². The third-order valence-electron chi connectivity index (χ3n) is 3.84. The summed E-state index contributed by atoms with van der Waals surface area (Å²) in [4.78, 5) is 11.2. The first-order valence-electron chi connectivity index (χ1n) is 6.56. The van der Waals surface area contributed by atoms with Gasteiger partial charge in [-0.3, -0.25) is 4.79 Å². The molecule has 0 N–H and O–H groups in total. The van der Waals surface area contributed by atoms with Gasteiger partial charge in [0.15, 0.2) is 9.84 Å². The molecular weight excluding hydrogens is 252 g/mol. The monoisotopic (exact) mass is 276 g/mol. The molecule has 1 aliphatic carbocycles. The summed E-state index contributed by atoms with van der Waals surface area (Å²) in [6, 6.07) is 0. The molecule has 3 atom stereocenters. The van der Waals surface area contributed by atoms with Gasteiger partial charge in [0.05, 0.1) is 24.0 Å². The van der Waals surface area contributed by atoms with Crippen LogP contribution in [0.3, 0.4) is 0 Å². The van der Waals surface area contributed by atoms with Crippen LogP contribution in [0.25, 0.3) is 0 Å². The van der Waals surface area contributed by atoms with Crippen LogP contribution < -0.4 is 0 Å². The molecule has 0 saturated heterocycles. The number of ether oxygens (including phenoxy) is 1. The lowest BCUT2D eigenvalue weighted by Gasteiger charge is -2.32. The fraction of sp³-hybridized carbons (Fsp3) is 0.923. The summed E-state index contributed by atoms with van der Waals surface area (Å²) >= 11 is 0. The topological polar surface area (TPSA) is 60.4 Å². The van der Waals surface area contributed by atoms with Gasteiger partial charge in [-0.25, -0.2) is 8.42 Å². The van der Waals surface area contributed by atoms with Gasteiger partial charge in [0.2, 0.25) is 0 Å². The van der Waals surface area contributed by atoms with Gasteiger partial charge < -0.3 is 4.74 Å². The van der Waals surface area contributed by atoms with Crippen molar-refractivity contribution >= 4 is 15.8 Å². The summed E-state index contributed by atoms with van der Waals surface area (Å²) in [6.07, 6.45) is 2.49. The highest BCUT2D eigenvalue weighted by molar-refractivity contribution is 7.92. The third-order valence-corrected chi connectivity index (χ3v) is 6.44. The summed E-state index contributed by atoms with van der Waals surface area (Å²) in [6.45, 7) is 5.81. The predicted octanol–water partition coefficient (Wildman–Crippen LogP) is 2.18. The standard InChI is InChI=1S/C13H24O4S/c1-9-5-10(2)7-12(6-9)18(15,16)11(3)8-13(14)17-4/h9-12H,5-8H2,1-4H3. The molecule has 5 heteroatoms. The van der Waals surface area contributed by atoms with Crippen molar-refractivity contribution in [3.8, 4) is 0 Å². The van der Waals surface area contributed by atoms with E-state index in [0.29, 0.717) is 11.8 Å². The Morgan fingerprint density at radius 1 is 1.22 bits per heavy atom. The van der Waals surface area contributed by atoms with Crippen molar-refractivity contribution < 1.29 is 17.9 Å². The number of carbonyl (C=O) groups is 1. The van der Waals surface area contributed by atoms with E-state index >= 15 is 0 Å². The van der Waals surface area contributed by atoms with Gasteiger partial charge in [0.25, 0.3) is 0 Å².